The Balaban J connectivity index is 1.80. The molecule has 0 aliphatic rings. The normalized spacial score (nSPS) is 10.9. The number of Topliss-reactive ketones (excluding diaryl/α,β-unsaturated/α-hetero) is 1. The number of nitrogens with zero attached hydrogens (tertiary/aromatic N) is 1. The van der Waals surface area contributed by atoms with Gasteiger partial charge in [0.15, 0.2) is 5.78 Å². The molecule has 0 saturated heterocycles. The Kier molecular flexibility index (Phi) is 7.57. The summed E-state index contributed by atoms with van der Waals surface area (Å²) in [6.07, 6.45) is 0. The number of carbonyl (C=O) groups excluding carboxylic acids is 2. The Morgan fingerprint density at radius 2 is 1.59 bits per heavy atom. The summed E-state index contributed by atoms with van der Waals surface area (Å²) < 4.78 is 43.1. The summed E-state index contributed by atoms with van der Waals surface area (Å²) in [5, 5.41) is 0. The zero-order valence-electron chi connectivity index (χ0n) is 19.3. The fourth-order valence-electron chi connectivity index (χ4n) is 3.21. The number of carbonyl (C=O) groups is 2. The third kappa shape index (κ3) is 5.37. The van der Waals surface area contributed by atoms with Crippen molar-refractivity contribution in [2.24, 2.45) is 0 Å². The SMILES string of the molecule is COc1ccc(N(C)S(=O)(=O)c2cccc(C(=O)OCc3cc(C(C)=O)ccc3OC)c2)cc1. The lowest BCUT2D eigenvalue weighted by Crippen LogP contribution is -2.26. The van der Waals surface area contributed by atoms with Gasteiger partial charge in [0.2, 0.25) is 0 Å². The van der Waals surface area contributed by atoms with Crippen molar-refractivity contribution in [1.29, 1.82) is 0 Å². The zero-order chi connectivity index (χ0) is 24.9. The molecule has 8 nitrogen and oxygen atoms in total. The first-order valence-corrected chi connectivity index (χ1v) is 11.7. The van der Waals surface area contributed by atoms with Crippen molar-refractivity contribution < 1.29 is 32.2 Å². The third-order valence-electron chi connectivity index (χ3n) is 5.21. The lowest BCUT2D eigenvalue weighted by molar-refractivity contribution is 0.0470. The summed E-state index contributed by atoms with van der Waals surface area (Å²) in [6.45, 7) is 1.29. The second-order valence-corrected chi connectivity index (χ2v) is 9.33. The molecule has 0 atom stereocenters. The third-order valence-corrected chi connectivity index (χ3v) is 6.99. The van der Waals surface area contributed by atoms with Crippen molar-refractivity contribution in [2.75, 3.05) is 25.6 Å². The van der Waals surface area contributed by atoms with Crippen LogP contribution in [0.3, 0.4) is 0 Å². The minimum atomic E-state index is -3.93. The molecule has 0 aromatic heterocycles. The highest BCUT2D eigenvalue weighted by Crippen LogP contribution is 2.26. The highest BCUT2D eigenvalue weighted by molar-refractivity contribution is 7.92. The molecule has 178 valence electrons. The number of hydrogen-bond donors (Lipinski definition) is 0. The topological polar surface area (TPSA) is 99.2 Å². The minimum Gasteiger partial charge on any atom is -0.497 e. The molecule has 3 rings (SSSR count). The molecule has 0 radical (unpaired) electrons. The van der Waals surface area contributed by atoms with Gasteiger partial charge in [-0.2, -0.15) is 0 Å². The van der Waals surface area contributed by atoms with Crippen molar-refractivity contribution in [3.63, 3.8) is 0 Å². The van der Waals surface area contributed by atoms with E-state index in [2.05, 4.69) is 0 Å². The summed E-state index contributed by atoms with van der Waals surface area (Å²) in [5.41, 5.74) is 1.49. The van der Waals surface area contributed by atoms with Crippen LogP contribution in [0.1, 0.15) is 33.2 Å². The first-order valence-electron chi connectivity index (χ1n) is 10.3. The van der Waals surface area contributed by atoms with E-state index in [1.54, 1.807) is 42.5 Å². The molecule has 0 heterocycles. The second kappa shape index (κ2) is 10.4. The summed E-state index contributed by atoms with van der Waals surface area (Å²) >= 11 is 0. The lowest BCUT2D eigenvalue weighted by Gasteiger charge is -2.20. The average Bonchev–Trinajstić information content (AvgIpc) is 2.86. The minimum absolute atomic E-state index is 0.0589. The van der Waals surface area contributed by atoms with E-state index in [1.165, 1.54) is 52.5 Å². The maximum absolute atomic E-state index is 13.1. The predicted octanol–water partition coefficient (Wildman–Crippen LogP) is 4.09. The Bertz CT molecular complexity index is 1300. The quantitative estimate of drug-likeness (QED) is 0.334. The Labute approximate surface area is 198 Å². The first-order chi connectivity index (χ1) is 16.2. The lowest BCUT2D eigenvalue weighted by atomic mass is 10.1. The highest BCUT2D eigenvalue weighted by Gasteiger charge is 2.23. The van der Waals surface area contributed by atoms with E-state index in [0.717, 1.165) is 4.31 Å². The molecule has 9 heteroatoms. The monoisotopic (exact) mass is 483 g/mol. The number of ketones is 1. The van der Waals surface area contributed by atoms with Crippen LogP contribution in [-0.4, -0.2) is 41.4 Å². The average molecular weight is 484 g/mol. The van der Waals surface area contributed by atoms with Crippen LogP contribution >= 0.6 is 0 Å². The summed E-state index contributed by atoms with van der Waals surface area (Å²) in [6, 6.07) is 17.0. The molecule has 3 aromatic carbocycles. The van der Waals surface area contributed by atoms with Crippen molar-refractivity contribution in [3.8, 4) is 11.5 Å². The van der Waals surface area contributed by atoms with Crippen LogP contribution < -0.4 is 13.8 Å². The summed E-state index contributed by atoms with van der Waals surface area (Å²) in [7, 11) is 0.492. The highest BCUT2D eigenvalue weighted by atomic mass is 32.2. The fraction of sp³-hybridized carbons (Fsp3) is 0.200. The Hall–Kier alpha value is -3.85. The van der Waals surface area contributed by atoms with Gasteiger partial charge >= 0.3 is 5.97 Å². The van der Waals surface area contributed by atoms with Gasteiger partial charge in [-0.1, -0.05) is 6.07 Å². The predicted molar refractivity (Wildman–Crippen MR) is 127 cm³/mol. The van der Waals surface area contributed by atoms with Crippen molar-refractivity contribution in [3.05, 3.63) is 83.4 Å². The largest absolute Gasteiger partial charge is 0.497 e. The van der Waals surface area contributed by atoms with Crippen LogP contribution in [0.25, 0.3) is 0 Å². The van der Waals surface area contributed by atoms with E-state index in [0.29, 0.717) is 28.3 Å². The van der Waals surface area contributed by atoms with E-state index >= 15 is 0 Å². The molecule has 0 N–H and O–H groups in total. The number of ether oxygens (including phenoxy) is 3. The molecule has 0 saturated carbocycles. The number of rotatable bonds is 9. The Morgan fingerprint density at radius 3 is 2.21 bits per heavy atom. The van der Waals surface area contributed by atoms with Crippen molar-refractivity contribution >= 4 is 27.5 Å². The molecule has 0 aliphatic heterocycles. The number of anilines is 1. The van der Waals surface area contributed by atoms with Crippen molar-refractivity contribution in [2.45, 2.75) is 18.4 Å². The maximum Gasteiger partial charge on any atom is 0.338 e. The molecular formula is C25H25NO7S. The van der Waals surface area contributed by atoms with E-state index in [-0.39, 0.29) is 22.8 Å². The first kappa shape index (κ1) is 24.8. The molecule has 0 amide bonds. The van der Waals surface area contributed by atoms with Gasteiger partial charge < -0.3 is 14.2 Å². The molecule has 3 aromatic rings. The molecule has 0 fully saturated rings. The summed E-state index contributed by atoms with van der Waals surface area (Å²) in [4.78, 5) is 24.3. The van der Waals surface area contributed by atoms with E-state index in [4.69, 9.17) is 14.2 Å². The molecule has 0 unspecified atom stereocenters. The number of sulfonamides is 1. The smallest absolute Gasteiger partial charge is 0.338 e. The zero-order valence-corrected chi connectivity index (χ0v) is 20.1. The number of methoxy groups -OCH3 is 2. The summed E-state index contributed by atoms with van der Waals surface area (Å²) in [5.74, 6) is 0.230. The van der Waals surface area contributed by atoms with Crippen LogP contribution in [0.2, 0.25) is 0 Å². The van der Waals surface area contributed by atoms with Crippen LogP contribution in [0.5, 0.6) is 11.5 Å². The van der Waals surface area contributed by atoms with Gasteiger partial charge in [0, 0.05) is 18.2 Å². The van der Waals surface area contributed by atoms with Gasteiger partial charge in [-0.25, -0.2) is 13.2 Å². The van der Waals surface area contributed by atoms with E-state index in [9.17, 15) is 18.0 Å². The van der Waals surface area contributed by atoms with Crippen LogP contribution in [0.4, 0.5) is 5.69 Å². The van der Waals surface area contributed by atoms with Gasteiger partial charge in [0.05, 0.1) is 30.4 Å². The standard InChI is InChI=1S/C25H25NO7S/c1-17(27)18-8-13-24(32-4)20(14-18)16-33-25(28)19-6-5-7-23(15-19)34(29,30)26(2)21-9-11-22(31-3)12-10-21/h5-15H,16H2,1-4H3. The van der Waals surface area contributed by atoms with Crippen molar-refractivity contribution in [1.82, 2.24) is 0 Å². The van der Waals surface area contributed by atoms with Crippen LogP contribution in [0, 0.1) is 0 Å². The molecule has 0 bridgehead atoms. The van der Waals surface area contributed by atoms with E-state index in [1.807, 2.05) is 0 Å². The number of benzene rings is 3. The number of esters is 1. The van der Waals surface area contributed by atoms with Gasteiger partial charge in [-0.05, 0) is 67.6 Å². The number of hydrogen-bond acceptors (Lipinski definition) is 7. The molecule has 34 heavy (non-hydrogen) atoms. The van der Waals surface area contributed by atoms with Crippen LogP contribution in [0.15, 0.2) is 71.6 Å². The molecular weight excluding hydrogens is 458 g/mol. The van der Waals surface area contributed by atoms with E-state index < -0.39 is 16.0 Å². The van der Waals surface area contributed by atoms with Crippen LogP contribution in [-0.2, 0) is 21.4 Å². The van der Waals surface area contributed by atoms with Gasteiger partial charge in [-0.3, -0.25) is 9.10 Å². The second-order valence-electron chi connectivity index (χ2n) is 7.36. The van der Waals surface area contributed by atoms with Gasteiger partial charge in [0.25, 0.3) is 10.0 Å². The maximum atomic E-state index is 13.1. The molecule has 0 spiro atoms. The molecule has 0 aliphatic carbocycles. The Morgan fingerprint density at radius 1 is 0.882 bits per heavy atom. The van der Waals surface area contributed by atoms with Gasteiger partial charge in [0.1, 0.15) is 18.1 Å². The fourth-order valence-corrected chi connectivity index (χ4v) is 4.45. The van der Waals surface area contributed by atoms with Gasteiger partial charge in [-0.15, -0.1) is 0 Å².